The number of Topliss-reactive ketones (excluding diaryl/α,β-unsaturated/α-hetero) is 2. The molecule has 198 valence electrons. The highest BCUT2D eigenvalue weighted by Crippen LogP contribution is 2.59. The molecule has 3 aliphatic heterocycles. The SMILES string of the molecule is CC1=C[C@@H]2N(c3ccc(C)cc31)[C@H](C(=O)C(C)(C)C)[C@H](C(=O)c1ccc(F)cc1)[C@@]21C(=O)Nc2ccccc21. The molecular weight excluding hydrogens is 491 g/mol. The van der Waals surface area contributed by atoms with Crippen LogP contribution in [0.15, 0.2) is 72.8 Å². The predicted octanol–water partition coefficient (Wildman–Crippen LogP) is 6.11. The molecule has 4 atom stereocenters. The summed E-state index contributed by atoms with van der Waals surface area (Å²) < 4.78 is 13.9. The number of halogens is 1. The van der Waals surface area contributed by atoms with Crippen LogP contribution in [0.2, 0.25) is 0 Å². The number of carbonyl (C=O) groups is 3. The van der Waals surface area contributed by atoms with E-state index in [0.29, 0.717) is 11.3 Å². The summed E-state index contributed by atoms with van der Waals surface area (Å²) in [7, 11) is 0. The normalized spacial score (nSPS) is 25.1. The van der Waals surface area contributed by atoms with Gasteiger partial charge in [0.2, 0.25) is 5.91 Å². The van der Waals surface area contributed by atoms with E-state index >= 15 is 0 Å². The molecule has 3 aromatic carbocycles. The molecule has 1 spiro atoms. The van der Waals surface area contributed by atoms with Gasteiger partial charge in [-0.3, -0.25) is 14.4 Å². The van der Waals surface area contributed by atoms with Crippen molar-refractivity contribution in [1.29, 1.82) is 0 Å². The highest BCUT2D eigenvalue weighted by atomic mass is 19.1. The molecule has 0 saturated carbocycles. The summed E-state index contributed by atoms with van der Waals surface area (Å²) in [6.45, 7) is 9.57. The highest BCUT2D eigenvalue weighted by Gasteiger charge is 2.71. The van der Waals surface area contributed by atoms with Crippen LogP contribution in [-0.4, -0.2) is 29.6 Å². The number of benzene rings is 3. The Kier molecular flexibility index (Phi) is 5.48. The lowest BCUT2D eigenvalue weighted by Crippen LogP contribution is -2.51. The van der Waals surface area contributed by atoms with Crippen LogP contribution in [0.3, 0.4) is 0 Å². The average molecular weight is 523 g/mol. The number of hydrogen-bond donors (Lipinski definition) is 1. The second-order valence-electron chi connectivity index (χ2n) is 12.0. The van der Waals surface area contributed by atoms with Gasteiger partial charge in [0.15, 0.2) is 11.6 Å². The maximum atomic E-state index is 14.6. The van der Waals surface area contributed by atoms with Gasteiger partial charge in [-0.2, -0.15) is 0 Å². The Balaban J connectivity index is 1.70. The van der Waals surface area contributed by atoms with Gasteiger partial charge in [-0.15, -0.1) is 0 Å². The van der Waals surface area contributed by atoms with Crippen LogP contribution in [0.25, 0.3) is 5.57 Å². The van der Waals surface area contributed by atoms with E-state index in [1.54, 1.807) is 0 Å². The van der Waals surface area contributed by atoms with Crippen molar-refractivity contribution in [2.24, 2.45) is 11.3 Å². The van der Waals surface area contributed by atoms with Gasteiger partial charge < -0.3 is 10.2 Å². The largest absolute Gasteiger partial charge is 0.352 e. The summed E-state index contributed by atoms with van der Waals surface area (Å²) in [4.78, 5) is 45.4. The number of para-hydroxylation sites is 1. The van der Waals surface area contributed by atoms with Crippen LogP contribution < -0.4 is 10.2 Å². The summed E-state index contributed by atoms with van der Waals surface area (Å²) in [6.07, 6.45) is 2.05. The zero-order valence-corrected chi connectivity index (χ0v) is 22.7. The minimum atomic E-state index is -1.36. The van der Waals surface area contributed by atoms with Crippen LogP contribution in [0.4, 0.5) is 15.8 Å². The van der Waals surface area contributed by atoms with Crippen molar-refractivity contribution in [3.05, 3.63) is 101 Å². The van der Waals surface area contributed by atoms with Crippen molar-refractivity contribution in [2.75, 3.05) is 10.2 Å². The van der Waals surface area contributed by atoms with Crippen molar-refractivity contribution in [3.63, 3.8) is 0 Å². The number of allylic oxidation sites excluding steroid dienone is 1. The van der Waals surface area contributed by atoms with Gasteiger partial charge >= 0.3 is 0 Å². The zero-order valence-electron chi connectivity index (χ0n) is 22.7. The summed E-state index contributed by atoms with van der Waals surface area (Å²) >= 11 is 0. The minimum absolute atomic E-state index is 0.124. The molecule has 6 heteroatoms. The van der Waals surface area contributed by atoms with E-state index in [9.17, 15) is 18.8 Å². The van der Waals surface area contributed by atoms with Crippen LogP contribution in [0.5, 0.6) is 0 Å². The summed E-state index contributed by atoms with van der Waals surface area (Å²) in [5, 5.41) is 3.04. The third-order valence-corrected chi connectivity index (χ3v) is 8.55. The Morgan fingerprint density at radius 1 is 0.974 bits per heavy atom. The molecular formula is C33H31FN2O3. The number of hydrogen-bond acceptors (Lipinski definition) is 4. The smallest absolute Gasteiger partial charge is 0.238 e. The van der Waals surface area contributed by atoms with Gasteiger partial charge in [0.25, 0.3) is 0 Å². The van der Waals surface area contributed by atoms with Gasteiger partial charge in [-0.1, -0.05) is 56.7 Å². The molecule has 1 amide bonds. The molecule has 0 bridgehead atoms. The Labute approximate surface area is 227 Å². The van der Waals surface area contributed by atoms with E-state index in [-0.39, 0.29) is 23.0 Å². The molecule has 0 aliphatic carbocycles. The number of rotatable bonds is 3. The van der Waals surface area contributed by atoms with Crippen molar-refractivity contribution in [3.8, 4) is 0 Å². The van der Waals surface area contributed by atoms with Crippen molar-refractivity contribution >= 4 is 34.4 Å². The van der Waals surface area contributed by atoms with E-state index in [2.05, 4.69) is 11.4 Å². The van der Waals surface area contributed by atoms with Gasteiger partial charge in [-0.25, -0.2) is 4.39 Å². The molecule has 39 heavy (non-hydrogen) atoms. The summed E-state index contributed by atoms with van der Waals surface area (Å²) in [5.41, 5.74) is 3.34. The van der Waals surface area contributed by atoms with E-state index in [4.69, 9.17) is 0 Å². The van der Waals surface area contributed by atoms with Crippen molar-refractivity contribution < 1.29 is 18.8 Å². The molecule has 3 heterocycles. The number of carbonyl (C=O) groups excluding carboxylic acids is 3. The first-order valence-corrected chi connectivity index (χ1v) is 13.3. The number of amides is 1. The fourth-order valence-electron chi connectivity index (χ4n) is 6.78. The second kappa shape index (κ2) is 8.47. The quantitative estimate of drug-likeness (QED) is 0.422. The monoisotopic (exact) mass is 522 g/mol. The molecule has 5 nitrogen and oxygen atoms in total. The summed E-state index contributed by atoms with van der Waals surface area (Å²) in [6, 6.07) is 17.4. The fourth-order valence-corrected chi connectivity index (χ4v) is 6.78. The third-order valence-electron chi connectivity index (χ3n) is 8.55. The molecule has 1 saturated heterocycles. The van der Waals surface area contributed by atoms with Gasteiger partial charge in [-0.05, 0) is 67.4 Å². The lowest BCUT2D eigenvalue weighted by molar-refractivity contribution is -0.128. The Hall–Kier alpha value is -4.06. The van der Waals surface area contributed by atoms with Gasteiger partial charge in [0, 0.05) is 27.9 Å². The third kappa shape index (κ3) is 3.47. The number of aryl methyl sites for hydroxylation is 1. The Bertz CT molecular complexity index is 1580. The Morgan fingerprint density at radius 3 is 2.36 bits per heavy atom. The number of nitrogens with zero attached hydrogens (tertiary/aromatic N) is 1. The molecule has 3 aromatic rings. The van der Waals surface area contributed by atoms with E-state index in [1.165, 1.54) is 24.3 Å². The highest BCUT2D eigenvalue weighted by molar-refractivity contribution is 6.17. The van der Waals surface area contributed by atoms with E-state index in [1.807, 2.05) is 82.0 Å². The first-order chi connectivity index (χ1) is 18.5. The number of fused-ring (bicyclic) bond motifs is 6. The van der Waals surface area contributed by atoms with Crippen LogP contribution in [0, 0.1) is 24.1 Å². The standard InChI is InChI=1S/C33H31FN2O3/c1-18-10-15-25-22(16-18)19(2)17-26-33(23-8-6-7-9-24(23)35-31(33)39)27(28(36(25)26)30(38)32(3,4)5)29(37)20-11-13-21(34)14-12-20/h6-17,26-28H,1-5H3,(H,35,39)/t26-,27+,28-,33-/m0/s1. The van der Waals surface area contributed by atoms with Crippen LogP contribution >= 0.6 is 0 Å². The number of ketones is 2. The maximum Gasteiger partial charge on any atom is 0.238 e. The first-order valence-electron chi connectivity index (χ1n) is 13.3. The molecule has 0 unspecified atom stereocenters. The second-order valence-corrected chi connectivity index (χ2v) is 12.0. The van der Waals surface area contributed by atoms with Crippen molar-refractivity contribution in [1.82, 2.24) is 0 Å². The molecule has 0 aromatic heterocycles. The summed E-state index contributed by atoms with van der Waals surface area (Å²) in [5.74, 6) is -2.28. The number of anilines is 2. The topological polar surface area (TPSA) is 66.5 Å². The predicted molar refractivity (Wildman–Crippen MR) is 150 cm³/mol. The Morgan fingerprint density at radius 2 is 1.67 bits per heavy atom. The zero-order chi connectivity index (χ0) is 27.9. The lowest BCUT2D eigenvalue weighted by Gasteiger charge is -2.40. The van der Waals surface area contributed by atoms with Crippen LogP contribution in [-0.2, 0) is 15.0 Å². The maximum absolute atomic E-state index is 14.6. The molecule has 3 aliphatic rings. The number of nitrogens with one attached hydrogen (secondary N) is 1. The molecule has 1 fully saturated rings. The van der Waals surface area contributed by atoms with Crippen LogP contribution in [0.1, 0.15) is 54.7 Å². The van der Waals surface area contributed by atoms with E-state index < -0.39 is 34.6 Å². The van der Waals surface area contributed by atoms with Gasteiger partial charge in [0.05, 0.1) is 12.0 Å². The average Bonchev–Trinajstić information content (AvgIpc) is 3.35. The lowest BCUT2D eigenvalue weighted by atomic mass is 9.63. The van der Waals surface area contributed by atoms with Gasteiger partial charge in [0.1, 0.15) is 17.3 Å². The molecule has 1 N–H and O–H groups in total. The fraction of sp³-hybridized carbons (Fsp3) is 0.303. The van der Waals surface area contributed by atoms with E-state index in [0.717, 1.165) is 22.4 Å². The first kappa shape index (κ1) is 25.2. The minimum Gasteiger partial charge on any atom is -0.352 e. The molecule has 0 radical (unpaired) electrons. The van der Waals surface area contributed by atoms with Crippen molar-refractivity contribution in [2.45, 2.75) is 52.1 Å². The molecule has 6 rings (SSSR count).